The van der Waals surface area contributed by atoms with Crippen molar-refractivity contribution in [3.8, 4) is 0 Å². The van der Waals surface area contributed by atoms with Crippen molar-refractivity contribution in [2.45, 2.75) is 0 Å². The Morgan fingerprint density at radius 2 is 0.911 bits per heavy atom. The molecule has 0 saturated carbocycles. The summed E-state index contributed by atoms with van der Waals surface area (Å²) >= 11 is 1.85. The Bertz CT molecular complexity index is 2770. The highest BCUT2D eigenvalue weighted by Crippen LogP contribution is 2.44. The predicted octanol–water partition coefficient (Wildman–Crippen LogP) is 12.9. The van der Waals surface area contributed by atoms with E-state index < -0.39 is 0 Å². The zero-order valence-corrected chi connectivity index (χ0v) is 25.0. The highest BCUT2D eigenvalue weighted by molar-refractivity contribution is 7.25. The van der Waals surface area contributed by atoms with Crippen LogP contribution in [0, 0.1) is 0 Å². The molecule has 0 aliphatic heterocycles. The van der Waals surface area contributed by atoms with Crippen molar-refractivity contribution in [1.82, 2.24) is 0 Å². The highest BCUT2D eigenvalue weighted by Gasteiger charge is 2.18. The second-order valence-electron chi connectivity index (χ2n) is 11.7. The number of hydrogen-bond donors (Lipinski definition) is 0. The van der Waals surface area contributed by atoms with Crippen molar-refractivity contribution in [2.75, 3.05) is 4.90 Å². The van der Waals surface area contributed by atoms with Crippen LogP contribution in [0.1, 0.15) is 0 Å². The highest BCUT2D eigenvalue weighted by atomic mass is 32.1. The number of rotatable bonds is 3. The first-order valence-electron chi connectivity index (χ1n) is 15.3. The van der Waals surface area contributed by atoms with Gasteiger partial charge >= 0.3 is 0 Å². The van der Waals surface area contributed by atoms with Gasteiger partial charge in [-0.1, -0.05) is 84.9 Å². The first kappa shape index (κ1) is 24.8. The summed E-state index contributed by atoms with van der Waals surface area (Å²) in [6.45, 7) is 0. The lowest BCUT2D eigenvalue weighted by Crippen LogP contribution is -2.09. The van der Waals surface area contributed by atoms with Gasteiger partial charge in [0.2, 0.25) is 0 Å². The summed E-state index contributed by atoms with van der Waals surface area (Å²) in [6.07, 6.45) is 0. The van der Waals surface area contributed by atoms with Crippen LogP contribution >= 0.6 is 11.3 Å². The van der Waals surface area contributed by atoms with Gasteiger partial charge in [0.25, 0.3) is 0 Å². The number of furan rings is 1. The molecule has 8 aromatic carbocycles. The zero-order chi connectivity index (χ0) is 29.5. The van der Waals surface area contributed by atoms with Gasteiger partial charge in [0.15, 0.2) is 0 Å². The molecule has 10 rings (SSSR count). The molecule has 2 aromatic heterocycles. The van der Waals surface area contributed by atoms with E-state index >= 15 is 0 Å². The van der Waals surface area contributed by atoms with Crippen molar-refractivity contribution in [1.29, 1.82) is 0 Å². The van der Waals surface area contributed by atoms with Gasteiger partial charge in [-0.15, -0.1) is 11.3 Å². The molecule has 0 saturated heterocycles. The number of anilines is 3. The van der Waals surface area contributed by atoms with Gasteiger partial charge in [-0.05, 0) is 99.0 Å². The monoisotopic (exact) mass is 591 g/mol. The minimum atomic E-state index is 0.923. The number of thiophene rings is 1. The van der Waals surface area contributed by atoms with Crippen LogP contribution in [-0.2, 0) is 0 Å². The van der Waals surface area contributed by atoms with Crippen LogP contribution in [0.4, 0.5) is 17.1 Å². The Balaban J connectivity index is 1.26. The SMILES string of the molecule is c1ccc(N(c2ccc3sc4ccccc4c3c2)c2ccc3c(c2)c2ccccc2c2cc4c(cc32)oc2ccccc24)cc1. The minimum Gasteiger partial charge on any atom is -0.456 e. The second kappa shape index (κ2) is 9.43. The number of fused-ring (bicyclic) bond motifs is 12. The summed E-state index contributed by atoms with van der Waals surface area (Å²) in [5.74, 6) is 0. The molecule has 0 N–H and O–H groups in total. The van der Waals surface area contributed by atoms with E-state index in [0.29, 0.717) is 0 Å². The van der Waals surface area contributed by atoms with Gasteiger partial charge in [-0.2, -0.15) is 0 Å². The molecule has 0 aliphatic carbocycles. The van der Waals surface area contributed by atoms with E-state index in [4.69, 9.17) is 4.42 Å². The Morgan fingerprint density at radius 3 is 1.73 bits per heavy atom. The molecule has 3 heteroatoms. The van der Waals surface area contributed by atoms with Gasteiger partial charge in [-0.3, -0.25) is 0 Å². The molecule has 0 radical (unpaired) electrons. The van der Waals surface area contributed by atoms with Crippen LogP contribution in [0.2, 0.25) is 0 Å². The third-order valence-corrected chi connectivity index (χ3v) is 10.4. The lowest BCUT2D eigenvalue weighted by Gasteiger charge is -2.26. The van der Waals surface area contributed by atoms with Crippen LogP contribution in [0.3, 0.4) is 0 Å². The molecule has 0 aliphatic rings. The molecule has 0 bridgehead atoms. The summed E-state index contributed by atoms with van der Waals surface area (Å²) in [4.78, 5) is 2.38. The number of para-hydroxylation sites is 2. The summed E-state index contributed by atoms with van der Waals surface area (Å²) < 4.78 is 8.98. The fraction of sp³-hybridized carbons (Fsp3) is 0. The Kier molecular flexibility index (Phi) is 5.19. The number of nitrogens with zero attached hydrogens (tertiary/aromatic N) is 1. The fourth-order valence-corrected chi connectivity index (χ4v) is 8.26. The smallest absolute Gasteiger partial charge is 0.136 e. The van der Waals surface area contributed by atoms with Crippen LogP contribution in [-0.4, -0.2) is 0 Å². The Morgan fingerprint density at radius 1 is 0.333 bits per heavy atom. The van der Waals surface area contributed by atoms with E-state index in [2.05, 4.69) is 150 Å². The summed E-state index contributed by atoms with van der Waals surface area (Å²) in [5, 5.41) is 12.3. The van der Waals surface area contributed by atoms with Crippen molar-refractivity contribution in [2.24, 2.45) is 0 Å². The third-order valence-electron chi connectivity index (χ3n) is 9.21. The van der Waals surface area contributed by atoms with Crippen LogP contribution < -0.4 is 4.90 Å². The maximum Gasteiger partial charge on any atom is 0.136 e. The fourth-order valence-electron chi connectivity index (χ4n) is 7.18. The van der Waals surface area contributed by atoms with Crippen LogP contribution in [0.25, 0.3) is 74.4 Å². The van der Waals surface area contributed by atoms with Gasteiger partial charge in [-0.25, -0.2) is 0 Å². The molecule has 10 aromatic rings. The van der Waals surface area contributed by atoms with Crippen molar-refractivity contribution < 1.29 is 4.42 Å². The van der Waals surface area contributed by atoms with E-state index in [1.165, 1.54) is 52.5 Å². The second-order valence-corrected chi connectivity index (χ2v) is 12.8. The summed E-state index contributed by atoms with van der Waals surface area (Å²) in [7, 11) is 0. The standard InChI is InChI=1S/C42H25NOS/c1-2-10-26(11-3-1)43(28-19-21-42-38(23-28)33-15-7-9-17-41(33)45-42)27-18-20-31-34(22-27)29-12-4-5-13-30(29)35-24-37-32-14-6-8-16-39(32)44-40(37)25-36(31)35/h1-25H. The van der Waals surface area contributed by atoms with Gasteiger partial charge in [0.05, 0.1) is 0 Å². The molecule has 2 heterocycles. The first-order valence-corrected chi connectivity index (χ1v) is 16.1. The van der Waals surface area contributed by atoms with E-state index in [1.54, 1.807) is 0 Å². The predicted molar refractivity (Wildman–Crippen MR) is 194 cm³/mol. The topological polar surface area (TPSA) is 16.4 Å². The van der Waals surface area contributed by atoms with Crippen LogP contribution in [0.5, 0.6) is 0 Å². The first-order chi connectivity index (χ1) is 22.3. The molecule has 0 unspecified atom stereocenters. The molecule has 0 atom stereocenters. The zero-order valence-electron chi connectivity index (χ0n) is 24.2. The molecule has 0 fully saturated rings. The average Bonchev–Trinajstić information content (AvgIpc) is 3.66. The number of benzene rings is 8. The molecule has 2 nitrogen and oxygen atoms in total. The maximum atomic E-state index is 6.35. The average molecular weight is 592 g/mol. The Labute approximate surface area is 263 Å². The van der Waals surface area contributed by atoms with Crippen molar-refractivity contribution in [3.05, 3.63) is 152 Å². The van der Waals surface area contributed by atoms with E-state index in [-0.39, 0.29) is 0 Å². The van der Waals surface area contributed by atoms with Gasteiger partial charge < -0.3 is 9.32 Å². The summed E-state index contributed by atoms with van der Waals surface area (Å²) in [6, 6.07) is 54.9. The normalized spacial score (nSPS) is 12.0. The third kappa shape index (κ3) is 3.68. The lowest BCUT2D eigenvalue weighted by molar-refractivity contribution is 0.669. The molecule has 45 heavy (non-hydrogen) atoms. The van der Waals surface area contributed by atoms with Gasteiger partial charge in [0.1, 0.15) is 11.2 Å². The largest absolute Gasteiger partial charge is 0.456 e. The van der Waals surface area contributed by atoms with E-state index in [0.717, 1.165) is 39.0 Å². The summed E-state index contributed by atoms with van der Waals surface area (Å²) in [5.41, 5.74) is 5.25. The van der Waals surface area contributed by atoms with E-state index in [1.807, 2.05) is 17.4 Å². The quantitative estimate of drug-likeness (QED) is 0.190. The lowest BCUT2D eigenvalue weighted by atomic mass is 9.92. The van der Waals surface area contributed by atoms with Crippen LogP contribution in [0.15, 0.2) is 156 Å². The number of hydrogen-bond acceptors (Lipinski definition) is 3. The maximum absolute atomic E-state index is 6.35. The molecular formula is C42H25NOS. The Hall–Kier alpha value is -5.64. The molecule has 210 valence electrons. The van der Waals surface area contributed by atoms with Gasteiger partial charge in [0, 0.05) is 48.0 Å². The van der Waals surface area contributed by atoms with Crippen molar-refractivity contribution >= 4 is 103 Å². The van der Waals surface area contributed by atoms with Crippen molar-refractivity contribution in [3.63, 3.8) is 0 Å². The molecule has 0 amide bonds. The van der Waals surface area contributed by atoms with E-state index in [9.17, 15) is 0 Å². The molecule has 0 spiro atoms. The minimum absolute atomic E-state index is 0.923. The molecular weight excluding hydrogens is 567 g/mol.